The molecular weight excluding hydrogens is 442 g/mol. The van der Waals surface area contributed by atoms with Crippen molar-refractivity contribution < 1.29 is 14.6 Å². The van der Waals surface area contributed by atoms with E-state index in [4.69, 9.17) is 9.72 Å². The van der Waals surface area contributed by atoms with Crippen molar-refractivity contribution in [2.45, 2.75) is 56.7 Å². The topological polar surface area (TPSA) is 90.8 Å². The first-order chi connectivity index (χ1) is 16.9. The van der Waals surface area contributed by atoms with E-state index in [1.165, 1.54) is 0 Å². The molecule has 3 heterocycles. The van der Waals surface area contributed by atoms with Gasteiger partial charge in [0.2, 0.25) is 5.88 Å². The highest BCUT2D eigenvalue weighted by molar-refractivity contribution is 5.93. The average molecular weight is 478 g/mol. The minimum absolute atomic E-state index is 0.0908. The lowest BCUT2D eigenvalue weighted by Crippen LogP contribution is -2.61. The highest BCUT2D eigenvalue weighted by atomic mass is 16.5. The van der Waals surface area contributed by atoms with Crippen LogP contribution in [0.5, 0.6) is 5.88 Å². The molecule has 0 spiro atoms. The predicted octanol–water partition coefficient (Wildman–Crippen LogP) is 2.87. The van der Waals surface area contributed by atoms with E-state index >= 15 is 0 Å². The molecule has 2 aromatic rings. The Morgan fingerprint density at radius 3 is 2.60 bits per heavy atom. The summed E-state index contributed by atoms with van der Waals surface area (Å²) in [6.07, 6.45) is 6.71. The molecule has 35 heavy (non-hydrogen) atoms. The molecule has 4 saturated carbocycles. The van der Waals surface area contributed by atoms with Crippen LogP contribution in [-0.2, 0) is 0 Å². The van der Waals surface area contributed by atoms with Gasteiger partial charge >= 0.3 is 0 Å². The van der Waals surface area contributed by atoms with Gasteiger partial charge in [0, 0.05) is 37.8 Å². The van der Waals surface area contributed by atoms with Gasteiger partial charge in [0.05, 0.1) is 24.6 Å². The number of rotatable bonds is 5. The molecule has 1 aliphatic heterocycles. The van der Waals surface area contributed by atoms with Gasteiger partial charge in [-0.25, -0.2) is 9.97 Å². The van der Waals surface area contributed by atoms with Gasteiger partial charge in [-0.1, -0.05) is 6.07 Å². The number of amides is 1. The number of ether oxygens (including phenoxy) is 1. The van der Waals surface area contributed by atoms with Crippen LogP contribution in [0, 0.1) is 17.8 Å². The van der Waals surface area contributed by atoms with Crippen LogP contribution in [0.1, 0.15) is 49.5 Å². The second-order valence-electron chi connectivity index (χ2n) is 11.1. The number of anilines is 2. The fourth-order valence-corrected chi connectivity index (χ4v) is 7.36. The van der Waals surface area contributed by atoms with Crippen LogP contribution in [0.15, 0.2) is 36.5 Å². The minimum atomic E-state index is -0.490. The molecule has 2 N–H and O–H groups in total. The molecule has 1 amide bonds. The lowest BCUT2D eigenvalue weighted by Gasteiger charge is -2.58. The van der Waals surface area contributed by atoms with Crippen LogP contribution in [-0.4, -0.2) is 65.4 Å². The van der Waals surface area contributed by atoms with E-state index in [0.29, 0.717) is 29.3 Å². The number of aliphatic hydroxyl groups is 1. The zero-order chi connectivity index (χ0) is 24.2. The third-order valence-corrected chi connectivity index (χ3v) is 8.72. The fourth-order valence-electron chi connectivity index (χ4n) is 7.36. The lowest BCUT2D eigenvalue weighted by atomic mass is 9.52. The lowest BCUT2D eigenvalue weighted by molar-refractivity contribution is -0.136. The molecule has 0 radical (unpaired) electrons. The molecule has 186 valence electrons. The molecular formula is C27H35N5O3. The maximum absolute atomic E-state index is 13.2. The fraction of sp³-hybridized carbons (Fsp3) is 0.593. The number of nitrogens with one attached hydrogen (secondary N) is 1. The maximum atomic E-state index is 13.2. The number of piperazine rings is 1. The van der Waals surface area contributed by atoms with Crippen LogP contribution in [0.3, 0.4) is 0 Å². The van der Waals surface area contributed by atoms with E-state index in [2.05, 4.69) is 27.0 Å². The molecule has 2 aromatic heterocycles. The SMILES string of the molecule is COc1ccc(N2CCN(c3cccc(C(=O)NC4C5CC6CC4CC(O)(C6)C5)n3)C(C)C2)cn1. The second-order valence-corrected chi connectivity index (χ2v) is 11.1. The zero-order valence-corrected chi connectivity index (χ0v) is 20.6. The van der Waals surface area contributed by atoms with Gasteiger partial charge in [-0.05, 0) is 75.0 Å². The summed E-state index contributed by atoms with van der Waals surface area (Å²) in [7, 11) is 1.62. The van der Waals surface area contributed by atoms with Gasteiger partial charge in [-0.15, -0.1) is 0 Å². The molecule has 8 heteroatoms. The molecule has 4 aliphatic carbocycles. The number of hydrogen-bond acceptors (Lipinski definition) is 7. The summed E-state index contributed by atoms with van der Waals surface area (Å²) in [5.74, 6) is 2.77. The second kappa shape index (κ2) is 8.66. The first kappa shape index (κ1) is 22.6. The van der Waals surface area contributed by atoms with E-state index in [0.717, 1.165) is 63.2 Å². The first-order valence-electron chi connectivity index (χ1n) is 12.9. The monoisotopic (exact) mass is 477 g/mol. The Kier molecular flexibility index (Phi) is 5.59. The standard InChI is InChI=1S/C27H35N5O3/c1-17-16-31(21-6-7-24(35-2)28-15-21)8-9-32(17)23-5-3-4-22(29-23)26(33)30-25-19-10-18-11-20(25)14-27(34,12-18)13-19/h3-7,15,17-20,25,34H,8-14,16H2,1-2H3,(H,30,33). The number of carbonyl (C=O) groups is 1. The van der Waals surface area contributed by atoms with E-state index < -0.39 is 5.60 Å². The van der Waals surface area contributed by atoms with Crippen molar-refractivity contribution in [2.75, 3.05) is 36.5 Å². The molecule has 5 aliphatic rings. The molecule has 7 rings (SSSR count). The van der Waals surface area contributed by atoms with Gasteiger partial charge in [0.1, 0.15) is 11.5 Å². The van der Waals surface area contributed by atoms with E-state index in [-0.39, 0.29) is 18.0 Å². The average Bonchev–Trinajstić information content (AvgIpc) is 2.85. The van der Waals surface area contributed by atoms with Crippen LogP contribution < -0.4 is 19.9 Å². The summed E-state index contributed by atoms with van der Waals surface area (Å²) in [6, 6.07) is 10.1. The summed E-state index contributed by atoms with van der Waals surface area (Å²) < 4.78 is 5.17. The molecule has 8 nitrogen and oxygen atoms in total. The summed E-state index contributed by atoms with van der Waals surface area (Å²) in [5, 5.41) is 14.2. The minimum Gasteiger partial charge on any atom is -0.481 e. The van der Waals surface area contributed by atoms with Crippen molar-refractivity contribution in [1.82, 2.24) is 15.3 Å². The Balaban J connectivity index is 1.12. The van der Waals surface area contributed by atoms with Crippen molar-refractivity contribution >= 4 is 17.4 Å². The highest BCUT2D eigenvalue weighted by Gasteiger charge is 2.55. The Morgan fingerprint density at radius 1 is 1.14 bits per heavy atom. The Morgan fingerprint density at radius 2 is 1.94 bits per heavy atom. The first-order valence-corrected chi connectivity index (χ1v) is 12.9. The van der Waals surface area contributed by atoms with E-state index in [1.807, 2.05) is 36.5 Å². The van der Waals surface area contributed by atoms with Gasteiger partial charge < -0.3 is 25.0 Å². The van der Waals surface area contributed by atoms with Gasteiger partial charge in [0.25, 0.3) is 5.91 Å². The number of carbonyl (C=O) groups excluding carboxylic acids is 1. The summed E-state index contributed by atoms with van der Waals surface area (Å²) in [6.45, 7) is 4.71. The zero-order valence-electron chi connectivity index (χ0n) is 20.6. The van der Waals surface area contributed by atoms with Crippen molar-refractivity contribution in [1.29, 1.82) is 0 Å². The Labute approximate surface area is 206 Å². The van der Waals surface area contributed by atoms with E-state index in [9.17, 15) is 9.90 Å². The highest BCUT2D eigenvalue weighted by Crippen LogP contribution is 2.55. The normalized spacial score (nSPS) is 33.6. The number of nitrogens with zero attached hydrogens (tertiary/aromatic N) is 4. The Bertz CT molecular complexity index is 1080. The molecule has 0 aromatic carbocycles. The third kappa shape index (κ3) is 4.22. The van der Waals surface area contributed by atoms with Crippen molar-refractivity contribution in [3.8, 4) is 5.88 Å². The van der Waals surface area contributed by atoms with Crippen LogP contribution in [0.4, 0.5) is 11.5 Å². The number of aromatic nitrogens is 2. The van der Waals surface area contributed by atoms with E-state index in [1.54, 1.807) is 7.11 Å². The summed E-state index contributed by atoms with van der Waals surface area (Å²) >= 11 is 0. The Hall–Kier alpha value is -2.87. The molecule has 1 saturated heterocycles. The number of hydrogen-bond donors (Lipinski definition) is 2. The maximum Gasteiger partial charge on any atom is 0.270 e. The van der Waals surface area contributed by atoms with Gasteiger partial charge in [0.15, 0.2) is 0 Å². The number of pyridine rings is 2. The largest absolute Gasteiger partial charge is 0.481 e. The summed E-state index contributed by atoms with van der Waals surface area (Å²) in [5.41, 5.74) is 1.07. The van der Waals surface area contributed by atoms with Crippen molar-refractivity contribution in [2.24, 2.45) is 17.8 Å². The van der Waals surface area contributed by atoms with Crippen molar-refractivity contribution in [3.63, 3.8) is 0 Å². The molecule has 5 fully saturated rings. The molecule has 4 bridgehead atoms. The van der Waals surface area contributed by atoms with Crippen LogP contribution >= 0.6 is 0 Å². The predicted molar refractivity (Wildman–Crippen MR) is 134 cm³/mol. The molecule has 3 unspecified atom stereocenters. The number of methoxy groups -OCH3 is 1. The quantitative estimate of drug-likeness (QED) is 0.684. The molecule has 3 atom stereocenters. The summed E-state index contributed by atoms with van der Waals surface area (Å²) in [4.78, 5) is 27.0. The van der Waals surface area contributed by atoms with Gasteiger partial charge in [-0.3, -0.25) is 4.79 Å². The van der Waals surface area contributed by atoms with Gasteiger partial charge in [-0.2, -0.15) is 0 Å². The van der Waals surface area contributed by atoms with Crippen LogP contribution in [0.25, 0.3) is 0 Å². The third-order valence-electron chi connectivity index (χ3n) is 8.72. The smallest absolute Gasteiger partial charge is 0.270 e. The van der Waals surface area contributed by atoms with Crippen molar-refractivity contribution in [3.05, 3.63) is 42.2 Å². The van der Waals surface area contributed by atoms with Crippen LogP contribution in [0.2, 0.25) is 0 Å².